The average Bonchev–Trinajstić information content (AvgIpc) is 3.09. The van der Waals surface area contributed by atoms with Crippen LogP contribution in [0, 0.1) is 0 Å². The number of hydrogen-bond acceptors (Lipinski definition) is 6. The number of aromatic nitrogens is 2. The van der Waals surface area contributed by atoms with Gasteiger partial charge in [0.25, 0.3) is 5.91 Å². The molecule has 0 saturated carbocycles. The van der Waals surface area contributed by atoms with E-state index >= 15 is 0 Å². The predicted molar refractivity (Wildman–Crippen MR) is 111 cm³/mol. The third-order valence-corrected chi connectivity index (χ3v) is 5.49. The summed E-state index contributed by atoms with van der Waals surface area (Å²) < 4.78 is 0. The minimum Gasteiger partial charge on any atom is -0.354 e. The van der Waals surface area contributed by atoms with Crippen LogP contribution in [0.25, 0.3) is 5.57 Å². The molecular formula is C22H23N5O2. The lowest BCUT2D eigenvalue weighted by molar-refractivity contribution is 0.0958. The van der Waals surface area contributed by atoms with Gasteiger partial charge >= 0.3 is 0 Å². The van der Waals surface area contributed by atoms with Crippen LogP contribution >= 0.6 is 0 Å². The molecule has 1 amide bonds. The molecule has 0 fully saturated rings. The number of carbonyl (C=O) groups excluding carboxylic acids is 2. The number of carbonyl (C=O) groups is 1. The predicted octanol–water partition coefficient (Wildman–Crippen LogP) is 2.37. The second-order valence-corrected chi connectivity index (χ2v) is 7.36. The highest BCUT2D eigenvalue weighted by molar-refractivity contribution is 5.92. The van der Waals surface area contributed by atoms with Crippen molar-refractivity contribution in [1.29, 1.82) is 0 Å². The number of allylic oxidation sites excluding steroid dienone is 1. The van der Waals surface area contributed by atoms with E-state index in [1.165, 1.54) is 5.57 Å². The summed E-state index contributed by atoms with van der Waals surface area (Å²) in [6.45, 7) is 4.53. The van der Waals surface area contributed by atoms with Gasteiger partial charge in [0.2, 0.25) is 0 Å². The van der Waals surface area contributed by atoms with Crippen molar-refractivity contribution in [3.8, 4) is 0 Å². The molecule has 2 N–H and O–H groups in total. The third-order valence-electron chi connectivity index (χ3n) is 5.49. The van der Waals surface area contributed by atoms with Gasteiger partial charge in [-0.1, -0.05) is 19.1 Å². The van der Waals surface area contributed by atoms with E-state index in [0.29, 0.717) is 11.4 Å². The number of nitrogens with zero attached hydrogens (tertiary/aromatic N) is 3. The van der Waals surface area contributed by atoms with Crippen molar-refractivity contribution in [3.63, 3.8) is 0 Å². The van der Waals surface area contributed by atoms with E-state index in [1.54, 1.807) is 19.3 Å². The SMILES string of the molecule is CNC(=O)c1ccc(C2=CCN(Cc3cnc4c(c3)NC(=C=O)[C@@H]4C)CC2)cn1. The van der Waals surface area contributed by atoms with Crippen molar-refractivity contribution in [2.45, 2.75) is 25.8 Å². The van der Waals surface area contributed by atoms with Crippen molar-refractivity contribution in [3.05, 3.63) is 64.9 Å². The lowest BCUT2D eigenvalue weighted by atomic mass is 10.0. The normalized spacial score (nSPS) is 18.5. The Morgan fingerprint density at radius 1 is 1.34 bits per heavy atom. The molecule has 2 aliphatic rings. The largest absolute Gasteiger partial charge is 0.354 e. The summed E-state index contributed by atoms with van der Waals surface area (Å²) >= 11 is 0. The maximum Gasteiger partial charge on any atom is 0.269 e. The van der Waals surface area contributed by atoms with Gasteiger partial charge in [-0.05, 0) is 35.3 Å². The standard InChI is InChI=1S/C22H23N5O2/c1-14-20(13-28)26-19-9-15(10-25-21(14)19)12-27-7-5-16(6-8-27)17-3-4-18(24-11-17)22(29)23-2/h3-5,9-11,14,26H,6-8,12H2,1-2H3,(H,23,29)/t14-/m0/s1. The quantitative estimate of drug-likeness (QED) is 0.781. The van der Waals surface area contributed by atoms with Gasteiger partial charge in [0.15, 0.2) is 0 Å². The fraction of sp³-hybridized carbons (Fsp3) is 0.318. The molecule has 0 unspecified atom stereocenters. The first-order valence-electron chi connectivity index (χ1n) is 9.69. The van der Waals surface area contributed by atoms with Gasteiger partial charge in [-0.25, -0.2) is 4.79 Å². The molecule has 29 heavy (non-hydrogen) atoms. The van der Waals surface area contributed by atoms with Crippen LogP contribution in [0.3, 0.4) is 0 Å². The number of pyridine rings is 2. The molecule has 0 radical (unpaired) electrons. The van der Waals surface area contributed by atoms with Crippen LogP contribution in [0.4, 0.5) is 5.69 Å². The highest BCUT2D eigenvalue weighted by Crippen LogP contribution is 2.35. The maximum absolute atomic E-state index is 11.6. The Bertz CT molecular complexity index is 1020. The summed E-state index contributed by atoms with van der Waals surface area (Å²) in [6, 6.07) is 5.78. The van der Waals surface area contributed by atoms with Crippen LogP contribution in [0.1, 0.15) is 46.6 Å². The van der Waals surface area contributed by atoms with Gasteiger partial charge in [-0.2, -0.15) is 0 Å². The summed E-state index contributed by atoms with van der Waals surface area (Å²) in [4.78, 5) is 33.8. The van der Waals surface area contributed by atoms with E-state index in [-0.39, 0.29) is 11.8 Å². The van der Waals surface area contributed by atoms with Gasteiger partial charge < -0.3 is 10.6 Å². The molecule has 4 rings (SSSR count). The van der Waals surface area contributed by atoms with E-state index in [2.05, 4.69) is 37.6 Å². The Morgan fingerprint density at radius 3 is 2.86 bits per heavy atom. The maximum atomic E-state index is 11.6. The van der Waals surface area contributed by atoms with E-state index in [1.807, 2.05) is 25.1 Å². The van der Waals surface area contributed by atoms with Crippen molar-refractivity contribution in [2.75, 3.05) is 25.5 Å². The van der Waals surface area contributed by atoms with Crippen LogP contribution in [0.2, 0.25) is 0 Å². The second-order valence-electron chi connectivity index (χ2n) is 7.36. The van der Waals surface area contributed by atoms with E-state index in [0.717, 1.165) is 48.6 Å². The van der Waals surface area contributed by atoms with E-state index in [4.69, 9.17) is 0 Å². The summed E-state index contributed by atoms with van der Waals surface area (Å²) in [5, 5.41) is 5.70. The van der Waals surface area contributed by atoms with Crippen LogP contribution < -0.4 is 10.6 Å². The highest BCUT2D eigenvalue weighted by atomic mass is 16.1. The van der Waals surface area contributed by atoms with Crippen LogP contribution in [-0.2, 0) is 11.3 Å². The Kier molecular flexibility index (Phi) is 5.25. The Balaban J connectivity index is 1.41. The minimum absolute atomic E-state index is 0.0274. The summed E-state index contributed by atoms with van der Waals surface area (Å²) in [5.74, 6) is 1.76. The fourth-order valence-corrected chi connectivity index (χ4v) is 3.78. The number of amides is 1. The first-order valence-corrected chi connectivity index (χ1v) is 9.69. The van der Waals surface area contributed by atoms with Crippen molar-refractivity contribution in [2.24, 2.45) is 0 Å². The molecule has 4 heterocycles. The van der Waals surface area contributed by atoms with Gasteiger partial charge in [-0.3, -0.25) is 19.7 Å². The molecule has 0 aromatic carbocycles. The fourth-order valence-electron chi connectivity index (χ4n) is 3.78. The summed E-state index contributed by atoms with van der Waals surface area (Å²) in [7, 11) is 1.60. The number of hydrogen-bond donors (Lipinski definition) is 2. The third kappa shape index (κ3) is 3.83. The lowest BCUT2D eigenvalue weighted by Crippen LogP contribution is -2.28. The molecule has 7 heteroatoms. The minimum atomic E-state index is -0.178. The number of fused-ring (bicyclic) bond motifs is 1. The van der Waals surface area contributed by atoms with Gasteiger partial charge in [0.05, 0.1) is 17.3 Å². The summed E-state index contributed by atoms with van der Waals surface area (Å²) in [6.07, 6.45) is 6.80. The molecule has 0 bridgehead atoms. The molecule has 7 nitrogen and oxygen atoms in total. The van der Waals surface area contributed by atoms with Crippen molar-refractivity contribution < 1.29 is 9.59 Å². The molecule has 0 spiro atoms. The number of anilines is 1. The molecule has 1 atom stereocenters. The molecular weight excluding hydrogens is 366 g/mol. The molecule has 2 aromatic heterocycles. The number of nitrogens with one attached hydrogen (secondary N) is 2. The molecule has 148 valence electrons. The first-order chi connectivity index (χ1) is 14.1. The zero-order chi connectivity index (χ0) is 20.4. The average molecular weight is 389 g/mol. The monoisotopic (exact) mass is 389 g/mol. The highest BCUT2D eigenvalue weighted by Gasteiger charge is 2.26. The van der Waals surface area contributed by atoms with Crippen molar-refractivity contribution >= 4 is 23.1 Å². The van der Waals surface area contributed by atoms with Crippen LogP contribution in [-0.4, -0.2) is 46.9 Å². The molecule has 2 aromatic rings. The zero-order valence-electron chi connectivity index (χ0n) is 16.5. The zero-order valence-corrected chi connectivity index (χ0v) is 16.5. The molecule has 0 saturated heterocycles. The molecule has 2 aliphatic heterocycles. The Labute approximate surface area is 169 Å². The number of rotatable bonds is 4. The van der Waals surface area contributed by atoms with Gasteiger partial charge in [0, 0.05) is 39.1 Å². The lowest BCUT2D eigenvalue weighted by Gasteiger charge is -2.26. The van der Waals surface area contributed by atoms with Gasteiger partial charge in [-0.15, -0.1) is 0 Å². The molecule has 0 aliphatic carbocycles. The van der Waals surface area contributed by atoms with Crippen LogP contribution in [0.15, 0.2) is 42.4 Å². The Hall–Kier alpha value is -3.28. The van der Waals surface area contributed by atoms with Gasteiger partial charge in [0.1, 0.15) is 17.3 Å². The van der Waals surface area contributed by atoms with E-state index < -0.39 is 0 Å². The topological polar surface area (TPSA) is 87.2 Å². The van der Waals surface area contributed by atoms with Crippen molar-refractivity contribution in [1.82, 2.24) is 20.2 Å². The van der Waals surface area contributed by atoms with E-state index in [9.17, 15) is 9.59 Å². The second kappa shape index (κ2) is 7.99. The summed E-state index contributed by atoms with van der Waals surface area (Å²) in [5.41, 5.74) is 6.21. The first kappa shape index (κ1) is 19.1. The van der Waals surface area contributed by atoms with Crippen LogP contribution in [0.5, 0.6) is 0 Å². The Morgan fingerprint density at radius 2 is 2.21 bits per heavy atom. The smallest absolute Gasteiger partial charge is 0.269 e.